The highest BCUT2D eigenvalue weighted by Gasteiger charge is 2.64. The van der Waals surface area contributed by atoms with Gasteiger partial charge in [-0.05, 0) is 28.9 Å². The van der Waals surface area contributed by atoms with E-state index in [0.29, 0.717) is 16.7 Å². The lowest BCUT2D eigenvalue weighted by molar-refractivity contribution is 0.457. The maximum Gasteiger partial charge on any atom is 0.243 e. The molecular weight excluding hydrogens is 224 g/mol. The van der Waals surface area contributed by atoms with Gasteiger partial charge in [0.15, 0.2) is 5.65 Å². The average molecular weight is 244 g/mol. The Labute approximate surface area is 107 Å². The van der Waals surface area contributed by atoms with Gasteiger partial charge in [0.2, 0.25) is 5.95 Å². The molecule has 1 fully saturated rings. The molecule has 3 rings (SSSR count). The highest BCUT2D eigenvalue weighted by atomic mass is 15.3. The summed E-state index contributed by atoms with van der Waals surface area (Å²) in [5.74, 6) is 1.40. The van der Waals surface area contributed by atoms with Crippen molar-refractivity contribution in [3.63, 3.8) is 0 Å². The predicted octanol–water partition coefficient (Wildman–Crippen LogP) is 2.82. The number of pyridine rings is 1. The van der Waals surface area contributed by atoms with E-state index in [4.69, 9.17) is 0 Å². The van der Waals surface area contributed by atoms with Crippen LogP contribution in [0.15, 0.2) is 24.4 Å². The van der Waals surface area contributed by atoms with E-state index in [1.54, 1.807) is 4.52 Å². The van der Waals surface area contributed by atoms with Crippen molar-refractivity contribution in [2.75, 3.05) is 11.9 Å². The van der Waals surface area contributed by atoms with Gasteiger partial charge < -0.3 is 5.32 Å². The van der Waals surface area contributed by atoms with Gasteiger partial charge in [0, 0.05) is 12.7 Å². The van der Waals surface area contributed by atoms with Crippen molar-refractivity contribution in [1.29, 1.82) is 0 Å². The second-order valence-electron chi connectivity index (χ2n) is 6.32. The Kier molecular flexibility index (Phi) is 2.22. The molecule has 0 amide bonds. The summed E-state index contributed by atoms with van der Waals surface area (Å²) < 4.78 is 1.80. The first-order valence-corrected chi connectivity index (χ1v) is 6.48. The van der Waals surface area contributed by atoms with E-state index in [0.717, 1.165) is 18.1 Å². The van der Waals surface area contributed by atoms with Crippen LogP contribution in [0.2, 0.25) is 0 Å². The van der Waals surface area contributed by atoms with Crippen LogP contribution in [0.4, 0.5) is 5.95 Å². The molecule has 0 radical (unpaired) electrons. The van der Waals surface area contributed by atoms with Crippen LogP contribution in [0.25, 0.3) is 5.65 Å². The minimum Gasteiger partial charge on any atom is -0.353 e. The molecular formula is C14H20N4. The lowest BCUT2D eigenvalue weighted by Crippen LogP contribution is -2.09. The van der Waals surface area contributed by atoms with Crippen LogP contribution in [-0.2, 0) is 0 Å². The van der Waals surface area contributed by atoms with E-state index in [-0.39, 0.29) is 0 Å². The smallest absolute Gasteiger partial charge is 0.243 e. The fourth-order valence-corrected chi connectivity index (χ4v) is 2.94. The number of nitrogens with zero attached hydrogens (tertiary/aromatic N) is 3. The molecule has 1 aliphatic carbocycles. The molecule has 2 aromatic heterocycles. The van der Waals surface area contributed by atoms with E-state index in [1.807, 2.05) is 24.4 Å². The van der Waals surface area contributed by atoms with E-state index in [2.05, 4.69) is 43.1 Å². The maximum absolute atomic E-state index is 4.45. The van der Waals surface area contributed by atoms with E-state index in [9.17, 15) is 0 Å². The molecule has 0 aliphatic heterocycles. The Bertz CT molecular complexity index is 535. The second-order valence-corrected chi connectivity index (χ2v) is 6.32. The van der Waals surface area contributed by atoms with Crippen molar-refractivity contribution >= 4 is 11.6 Å². The molecule has 0 unspecified atom stereocenters. The number of anilines is 1. The topological polar surface area (TPSA) is 42.2 Å². The zero-order valence-electron chi connectivity index (χ0n) is 11.4. The molecule has 0 aromatic carbocycles. The normalized spacial score (nSPS) is 21.1. The minimum absolute atomic E-state index is 0.402. The Balaban J connectivity index is 1.71. The fraction of sp³-hybridized carbons (Fsp3) is 0.571. The van der Waals surface area contributed by atoms with E-state index < -0.39 is 0 Å². The summed E-state index contributed by atoms with van der Waals surface area (Å²) in [5.41, 5.74) is 1.69. The van der Waals surface area contributed by atoms with Crippen molar-refractivity contribution in [1.82, 2.24) is 14.6 Å². The third-order valence-corrected chi connectivity index (χ3v) is 5.03. The first-order valence-electron chi connectivity index (χ1n) is 6.48. The third kappa shape index (κ3) is 1.51. The molecule has 1 aliphatic rings. The largest absolute Gasteiger partial charge is 0.353 e. The average Bonchev–Trinajstić information content (AvgIpc) is 2.66. The van der Waals surface area contributed by atoms with Crippen molar-refractivity contribution in [3.8, 4) is 0 Å². The van der Waals surface area contributed by atoms with E-state index in [1.165, 1.54) is 0 Å². The standard InChI is InChI=1S/C14H20N4/c1-13(2)10(14(13,3)4)9-15-12-16-11-7-5-6-8-18(11)17-12/h5-8,10H,9H2,1-4H3,(H,15,17). The SMILES string of the molecule is CC1(C)C(CNc2nc3ccccn3n2)C1(C)C. The Morgan fingerprint density at radius 2 is 1.94 bits per heavy atom. The summed E-state index contributed by atoms with van der Waals surface area (Å²) in [6.07, 6.45) is 1.92. The number of fused-ring (bicyclic) bond motifs is 1. The van der Waals surface area contributed by atoms with Crippen molar-refractivity contribution < 1.29 is 0 Å². The van der Waals surface area contributed by atoms with Gasteiger partial charge >= 0.3 is 0 Å². The lowest BCUT2D eigenvalue weighted by Gasteiger charge is -2.04. The first kappa shape index (κ1) is 11.5. The van der Waals surface area contributed by atoms with Gasteiger partial charge in [0.1, 0.15) is 0 Å². The van der Waals surface area contributed by atoms with Crippen LogP contribution < -0.4 is 5.32 Å². The number of hydrogen-bond acceptors (Lipinski definition) is 3. The number of aromatic nitrogens is 3. The summed E-state index contributed by atoms with van der Waals surface area (Å²) in [4.78, 5) is 4.45. The molecule has 2 heterocycles. The molecule has 0 bridgehead atoms. The summed E-state index contributed by atoms with van der Waals surface area (Å²) in [6, 6.07) is 5.89. The van der Waals surface area contributed by atoms with Crippen molar-refractivity contribution in [2.45, 2.75) is 27.7 Å². The van der Waals surface area contributed by atoms with Gasteiger partial charge in [-0.1, -0.05) is 33.8 Å². The van der Waals surface area contributed by atoms with Crippen LogP contribution in [0.5, 0.6) is 0 Å². The third-order valence-electron chi connectivity index (χ3n) is 5.03. The molecule has 1 saturated carbocycles. The van der Waals surface area contributed by atoms with Gasteiger partial charge in [0.25, 0.3) is 0 Å². The molecule has 1 N–H and O–H groups in total. The van der Waals surface area contributed by atoms with Crippen LogP contribution in [0.1, 0.15) is 27.7 Å². The monoisotopic (exact) mass is 244 g/mol. The Morgan fingerprint density at radius 1 is 1.22 bits per heavy atom. The highest BCUT2D eigenvalue weighted by molar-refractivity contribution is 5.43. The van der Waals surface area contributed by atoms with Gasteiger partial charge in [-0.2, -0.15) is 4.98 Å². The highest BCUT2D eigenvalue weighted by Crippen LogP contribution is 2.68. The molecule has 4 heteroatoms. The summed E-state index contributed by atoms with van der Waals surface area (Å²) in [7, 11) is 0. The van der Waals surface area contributed by atoms with Crippen LogP contribution >= 0.6 is 0 Å². The lowest BCUT2D eigenvalue weighted by atomic mass is 10.0. The zero-order valence-corrected chi connectivity index (χ0v) is 11.4. The van der Waals surface area contributed by atoms with Crippen LogP contribution in [0.3, 0.4) is 0 Å². The molecule has 0 saturated heterocycles. The van der Waals surface area contributed by atoms with Crippen molar-refractivity contribution in [2.24, 2.45) is 16.7 Å². The fourth-order valence-electron chi connectivity index (χ4n) is 2.94. The molecule has 4 nitrogen and oxygen atoms in total. The Morgan fingerprint density at radius 3 is 2.56 bits per heavy atom. The molecule has 96 valence electrons. The summed E-state index contributed by atoms with van der Waals surface area (Å²) >= 11 is 0. The first-order chi connectivity index (χ1) is 8.43. The Hall–Kier alpha value is -1.58. The molecule has 0 spiro atoms. The van der Waals surface area contributed by atoms with Gasteiger partial charge in [0.05, 0.1) is 0 Å². The van der Waals surface area contributed by atoms with Gasteiger partial charge in [-0.25, -0.2) is 4.52 Å². The maximum atomic E-state index is 4.45. The second kappa shape index (κ2) is 3.46. The summed E-state index contributed by atoms with van der Waals surface area (Å²) in [6.45, 7) is 10.3. The van der Waals surface area contributed by atoms with Crippen molar-refractivity contribution in [3.05, 3.63) is 24.4 Å². The predicted molar refractivity (Wildman–Crippen MR) is 72.5 cm³/mol. The molecule has 0 atom stereocenters. The van der Waals surface area contributed by atoms with Crippen LogP contribution in [-0.4, -0.2) is 21.1 Å². The van der Waals surface area contributed by atoms with Gasteiger partial charge in [-0.15, -0.1) is 5.10 Å². The molecule has 18 heavy (non-hydrogen) atoms. The molecule has 2 aromatic rings. The van der Waals surface area contributed by atoms with Gasteiger partial charge in [-0.3, -0.25) is 0 Å². The summed E-state index contributed by atoms with van der Waals surface area (Å²) in [5, 5.41) is 7.77. The number of rotatable bonds is 3. The number of nitrogens with one attached hydrogen (secondary N) is 1. The zero-order chi connectivity index (χ0) is 13.0. The van der Waals surface area contributed by atoms with E-state index >= 15 is 0 Å². The minimum atomic E-state index is 0.402. The van der Waals surface area contributed by atoms with Crippen LogP contribution in [0, 0.1) is 16.7 Å². The number of hydrogen-bond donors (Lipinski definition) is 1. The quantitative estimate of drug-likeness (QED) is 0.902.